The van der Waals surface area contributed by atoms with Crippen molar-refractivity contribution in [2.75, 3.05) is 0 Å². The molecule has 1 aliphatic carbocycles. The molecule has 0 atom stereocenters. The third-order valence-electron chi connectivity index (χ3n) is 4.41. The highest BCUT2D eigenvalue weighted by atomic mass is 16.5. The highest BCUT2D eigenvalue weighted by molar-refractivity contribution is 5.94. The molecule has 5 heteroatoms. The highest BCUT2D eigenvalue weighted by Crippen LogP contribution is 2.24. The van der Waals surface area contributed by atoms with E-state index in [4.69, 9.17) is 10.5 Å². The van der Waals surface area contributed by atoms with Crippen LogP contribution in [0.4, 0.5) is 0 Å². The van der Waals surface area contributed by atoms with Gasteiger partial charge in [-0.15, -0.1) is 0 Å². The molecule has 3 N–H and O–H groups in total. The van der Waals surface area contributed by atoms with E-state index in [1.807, 2.05) is 12.1 Å². The lowest BCUT2D eigenvalue weighted by atomic mass is 10.1. The number of hydrogen-bond donors (Lipinski definition) is 2. The summed E-state index contributed by atoms with van der Waals surface area (Å²) in [6.07, 6.45) is 4.98. The lowest BCUT2D eigenvalue weighted by molar-refractivity contribution is 0.0949. The van der Waals surface area contributed by atoms with Gasteiger partial charge in [-0.05, 0) is 67.6 Å². The van der Waals surface area contributed by atoms with Crippen LogP contribution >= 0.6 is 0 Å². The standard InChI is InChI=1S/C20H22N2O3/c21-19(23)15-7-5-14(6-8-15)13-22-20(24)16-9-11-18(12-10-16)25-17-3-1-2-4-17/h5-12,17H,1-4,13H2,(H2,21,23)(H,22,24). The third kappa shape index (κ3) is 4.59. The third-order valence-corrected chi connectivity index (χ3v) is 4.41. The van der Waals surface area contributed by atoms with Crippen LogP contribution in [0.1, 0.15) is 52.0 Å². The Kier molecular flexibility index (Phi) is 5.33. The maximum Gasteiger partial charge on any atom is 0.251 e. The molecule has 25 heavy (non-hydrogen) atoms. The topological polar surface area (TPSA) is 81.4 Å². The van der Waals surface area contributed by atoms with Crippen molar-refractivity contribution in [1.82, 2.24) is 5.32 Å². The number of rotatable bonds is 6. The summed E-state index contributed by atoms with van der Waals surface area (Å²) in [4.78, 5) is 23.3. The van der Waals surface area contributed by atoms with Gasteiger partial charge in [0.15, 0.2) is 0 Å². The van der Waals surface area contributed by atoms with E-state index in [2.05, 4.69) is 5.32 Å². The van der Waals surface area contributed by atoms with Gasteiger partial charge in [0, 0.05) is 17.7 Å². The molecule has 2 amide bonds. The molecule has 0 aromatic heterocycles. The molecule has 5 nitrogen and oxygen atoms in total. The Bertz CT molecular complexity index is 733. The van der Waals surface area contributed by atoms with Gasteiger partial charge in [0.25, 0.3) is 5.91 Å². The maximum absolute atomic E-state index is 12.2. The Morgan fingerprint density at radius 3 is 2.16 bits per heavy atom. The molecule has 0 bridgehead atoms. The van der Waals surface area contributed by atoms with Crippen molar-refractivity contribution in [2.24, 2.45) is 5.73 Å². The molecule has 0 saturated heterocycles. The van der Waals surface area contributed by atoms with Gasteiger partial charge in [0.1, 0.15) is 5.75 Å². The molecule has 3 rings (SSSR count). The van der Waals surface area contributed by atoms with Gasteiger partial charge in [-0.1, -0.05) is 12.1 Å². The van der Waals surface area contributed by atoms with Gasteiger partial charge < -0.3 is 15.8 Å². The molecule has 0 radical (unpaired) electrons. The van der Waals surface area contributed by atoms with E-state index < -0.39 is 5.91 Å². The number of amides is 2. The van der Waals surface area contributed by atoms with Gasteiger partial charge in [-0.3, -0.25) is 9.59 Å². The SMILES string of the molecule is NC(=O)c1ccc(CNC(=O)c2ccc(OC3CCCC3)cc2)cc1. The number of carbonyl (C=O) groups is 2. The van der Waals surface area contributed by atoms with Crippen molar-refractivity contribution >= 4 is 11.8 Å². The summed E-state index contributed by atoms with van der Waals surface area (Å²) in [5.74, 6) is 0.201. The minimum Gasteiger partial charge on any atom is -0.490 e. The number of carbonyl (C=O) groups excluding carboxylic acids is 2. The minimum absolute atomic E-state index is 0.147. The summed E-state index contributed by atoms with van der Waals surface area (Å²) in [5.41, 5.74) is 7.15. The number of primary amides is 1. The Labute approximate surface area is 147 Å². The first-order valence-electron chi connectivity index (χ1n) is 8.55. The molecule has 0 unspecified atom stereocenters. The summed E-state index contributed by atoms with van der Waals surface area (Å²) in [6.45, 7) is 0.387. The zero-order valence-electron chi connectivity index (χ0n) is 14.0. The number of hydrogen-bond acceptors (Lipinski definition) is 3. The van der Waals surface area contributed by atoms with Gasteiger partial charge >= 0.3 is 0 Å². The van der Waals surface area contributed by atoms with Crippen LogP contribution in [0.3, 0.4) is 0 Å². The fraction of sp³-hybridized carbons (Fsp3) is 0.300. The van der Waals surface area contributed by atoms with E-state index in [-0.39, 0.29) is 5.91 Å². The van der Waals surface area contributed by atoms with E-state index in [1.54, 1.807) is 36.4 Å². The van der Waals surface area contributed by atoms with Crippen LogP contribution in [0, 0.1) is 0 Å². The molecule has 130 valence electrons. The van der Waals surface area contributed by atoms with Crippen LogP contribution < -0.4 is 15.8 Å². The smallest absolute Gasteiger partial charge is 0.251 e. The monoisotopic (exact) mass is 338 g/mol. The van der Waals surface area contributed by atoms with Gasteiger partial charge in [0.2, 0.25) is 5.91 Å². The second-order valence-corrected chi connectivity index (χ2v) is 6.29. The van der Waals surface area contributed by atoms with E-state index in [0.29, 0.717) is 23.8 Å². The summed E-state index contributed by atoms with van der Waals surface area (Å²) in [7, 11) is 0. The number of nitrogens with one attached hydrogen (secondary N) is 1. The van der Waals surface area contributed by atoms with E-state index in [0.717, 1.165) is 24.2 Å². The number of ether oxygens (including phenoxy) is 1. The van der Waals surface area contributed by atoms with Crippen LogP contribution in [-0.2, 0) is 6.54 Å². The molecular weight excluding hydrogens is 316 g/mol. The molecule has 2 aromatic carbocycles. The molecule has 1 aliphatic rings. The first kappa shape index (κ1) is 17.0. The zero-order valence-corrected chi connectivity index (χ0v) is 14.0. The average Bonchev–Trinajstić information content (AvgIpc) is 3.13. The van der Waals surface area contributed by atoms with Crippen molar-refractivity contribution in [3.63, 3.8) is 0 Å². The van der Waals surface area contributed by atoms with Crippen LogP contribution in [0.5, 0.6) is 5.75 Å². The fourth-order valence-corrected chi connectivity index (χ4v) is 2.95. The molecule has 2 aromatic rings. The van der Waals surface area contributed by atoms with E-state index in [1.165, 1.54) is 12.8 Å². The second kappa shape index (κ2) is 7.83. The highest BCUT2D eigenvalue weighted by Gasteiger charge is 2.16. The summed E-state index contributed by atoms with van der Waals surface area (Å²) < 4.78 is 5.90. The van der Waals surface area contributed by atoms with Crippen LogP contribution in [0.25, 0.3) is 0 Å². The van der Waals surface area contributed by atoms with Crippen molar-refractivity contribution < 1.29 is 14.3 Å². The van der Waals surface area contributed by atoms with E-state index >= 15 is 0 Å². The average molecular weight is 338 g/mol. The minimum atomic E-state index is -0.463. The van der Waals surface area contributed by atoms with Crippen LogP contribution in [0.2, 0.25) is 0 Å². The predicted molar refractivity (Wildman–Crippen MR) is 95.5 cm³/mol. The predicted octanol–water partition coefficient (Wildman–Crippen LogP) is 3.04. The molecule has 0 aliphatic heterocycles. The molecule has 0 spiro atoms. The molecule has 1 fully saturated rings. The summed E-state index contributed by atoms with van der Waals surface area (Å²) >= 11 is 0. The first-order chi connectivity index (χ1) is 12.1. The van der Waals surface area contributed by atoms with Crippen molar-refractivity contribution in [3.05, 3.63) is 65.2 Å². The maximum atomic E-state index is 12.2. The number of nitrogens with two attached hydrogens (primary N) is 1. The first-order valence-corrected chi connectivity index (χ1v) is 8.55. The lowest BCUT2D eigenvalue weighted by Crippen LogP contribution is -2.22. The summed E-state index contributed by atoms with van der Waals surface area (Å²) in [6, 6.07) is 14.1. The normalized spacial score (nSPS) is 14.2. The Morgan fingerprint density at radius 2 is 1.56 bits per heavy atom. The van der Waals surface area contributed by atoms with Crippen LogP contribution in [0.15, 0.2) is 48.5 Å². The lowest BCUT2D eigenvalue weighted by Gasteiger charge is -2.13. The van der Waals surface area contributed by atoms with Gasteiger partial charge in [0.05, 0.1) is 6.10 Å². The van der Waals surface area contributed by atoms with E-state index in [9.17, 15) is 9.59 Å². The zero-order chi connectivity index (χ0) is 17.6. The van der Waals surface area contributed by atoms with Gasteiger partial charge in [-0.25, -0.2) is 0 Å². The van der Waals surface area contributed by atoms with Crippen molar-refractivity contribution in [3.8, 4) is 5.75 Å². The van der Waals surface area contributed by atoms with Crippen molar-refractivity contribution in [1.29, 1.82) is 0 Å². The Balaban J connectivity index is 1.52. The fourth-order valence-electron chi connectivity index (χ4n) is 2.95. The van der Waals surface area contributed by atoms with Gasteiger partial charge in [-0.2, -0.15) is 0 Å². The molecule has 1 saturated carbocycles. The molecule has 0 heterocycles. The van der Waals surface area contributed by atoms with Crippen LogP contribution in [-0.4, -0.2) is 17.9 Å². The summed E-state index contributed by atoms with van der Waals surface area (Å²) in [5, 5.41) is 2.86. The second-order valence-electron chi connectivity index (χ2n) is 6.29. The van der Waals surface area contributed by atoms with Crippen molar-refractivity contribution in [2.45, 2.75) is 38.3 Å². The Hall–Kier alpha value is -2.82. The quantitative estimate of drug-likeness (QED) is 0.849. The molecular formula is C20H22N2O3. The Morgan fingerprint density at radius 1 is 0.960 bits per heavy atom. The largest absolute Gasteiger partial charge is 0.490 e. The number of benzene rings is 2.